The van der Waals surface area contributed by atoms with Gasteiger partial charge in [-0.05, 0) is 24.4 Å². The molecule has 0 atom stereocenters. The van der Waals surface area contributed by atoms with Crippen LogP contribution in [0.1, 0.15) is 13.3 Å². The van der Waals surface area contributed by atoms with Gasteiger partial charge in [-0.15, -0.1) is 0 Å². The average molecular weight is 216 g/mol. The number of nitrogens with zero attached hydrogens (tertiary/aromatic N) is 1. The monoisotopic (exact) mass is 216 g/mol. The van der Waals surface area contributed by atoms with Gasteiger partial charge in [-0.3, -0.25) is 9.10 Å². The van der Waals surface area contributed by atoms with Crippen molar-refractivity contribution in [1.29, 1.82) is 0 Å². The number of primary amides is 1. The van der Waals surface area contributed by atoms with Crippen LogP contribution in [0.25, 0.3) is 0 Å². The molecular weight excluding hydrogens is 204 g/mol. The molecule has 0 saturated carbocycles. The molecule has 0 aromatic rings. The maximum Gasteiger partial charge on any atom is 0.325 e. The summed E-state index contributed by atoms with van der Waals surface area (Å²) in [7, 11) is 1.34. The summed E-state index contributed by atoms with van der Waals surface area (Å²) in [5.41, 5.74) is 6.00. The predicted octanol–water partition coefficient (Wildman–Crippen LogP) is 0.866. The topological polar surface area (TPSA) is 72.6 Å². The van der Waals surface area contributed by atoms with Crippen LogP contribution in [0.2, 0.25) is 0 Å². The number of amides is 2. The molecule has 1 aliphatic heterocycles. The number of urea groups is 1. The second kappa shape index (κ2) is 4.36. The van der Waals surface area contributed by atoms with Crippen LogP contribution in [0.4, 0.5) is 4.79 Å². The van der Waals surface area contributed by atoms with E-state index in [0.717, 1.165) is 10.5 Å². The third-order valence-corrected chi connectivity index (χ3v) is 3.00. The minimum atomic E-state index is -0.491. The Hall–Kier alpha value is -1.17. The summed E-state index contributed by atoms with van der Waals surface area (Å²) in [5.74, 6) is -0.300. The zero-order valence-electron chi connectivity index (χ0n) is 8.07. The molecule has 1 rings (SSSR count). The Kier molecular flexibility index (Phi) is 3.40. The fraction of sp³-hybridized carbons (Fsp3) is 0.500. The summed E-state index contributed by atoms with van der Waals surface area (Å²) in [5, 5.41) is 0. The van der Waals surface area contributed by atoms with E-state index in [0.29, 0.717) is 6.54 Å². The molecule has 14 heavy (non-hydrogen) atoms. The summed E-state index contributed by atoms with van der Waals surface area (Å²) in [6, 6.07) is -0.491. The predicted molar refractivity (Wildman–Crippen MR) is 53.2 cm³/mol. The second-order valence-electron chi connectivity index (χ2n) is 2.88. The van der Waals surface area contributed by atoms with Gasteiger partial charge in [0.15, 0.2) is 0 Å². The third-order valence-electron chi connectivity index (χ3n) is 1.91. The molecule has 0 bridgehead atoms. The maximum absolute atomic E-state index is 11.0. The van der Waals surface area contributed by atoms with Crippen molar-refractivity contribution < 1.29 is 14.3 Å². The number of hydrogen-bond acceptors (Lipinski definition) is 4. The van der Waals surface area contributed by atoms with Crippen LogP contribution in [0, 0.1) is 0 Å². The van der Waals surface area contributed by atoms with Crippen molar-refractivity contribution in [3.05, 3.63) is 10.5 Å². The number of rotatable bonds is 2. The Bertz CT molecular complexity index is 301. The van der Waals surface area contributed by atoms with E-state index in [9.17, 15) is 9.59 Å². The Balaban J connectivity index is 2.59. The number of carbonyl (C=O) groups is 2. The molecule has 0 radical (unpaired) electrons. The highest BCUT2D eigenvalue weighted by atomic mass is 32.2. The first kappa shape index (κ1) is 10.9. The van der Waals surface area contributed by atoms with Gasteiger partial charge in [-0.1, -0.05) is 0 Å². The molecule has 1 heterocycles. The van der Waals surface area contributed by atoms with Crippen LogP contribution < -0.4 is 5.73 Å². The SMILES string of the molecule is COC(=O)CC1=C(C)SN(C(N)=O)C1. The lowest BCUT2D eigenvalue weighted by molar-refractivity contribution is -0.139. The van der Waals surface area contributed by atoms with Crippen LogP contribution >= 0.6 is 11.9 Å². The Labute approximate surface area is 86.4 Å². The summed E-state index contributed by atoms with van der Waals surface area (Å²) >= 11 is 1.26. The van der Waals surface area contributed by atoms with E-state index in [-0.39, 0.29) is 12.4 Å². The largest absolute Gasteiger partial charge is 0.469 e. The highest BCUT2D eigenvalue weighted by molar-refractivity contribution is 8.01. The van der Waals surface area contributed by atoms with E-state index in [4.69, 9.17) is 5.73 Å². The molecular formula is C8H12N2O3S. The van der Waals surface area contributed by atoms with E-state index >= 15 is 0 Å². The molecule has 0 spiro atoms. The van der Waals surface area contributed by atoms with Gasteiger partial charge in [0.05, 0.1) is 20.1 Å². The zero-order chi connectivity index (χ0) is 10.7. The Morgan fingerprint density at radius 1 is 1.64 bits per heavy atom. The van der Waals surface area contributed by atoms with Gasteiger partial charge >= 0.3 is 12.0 Å². The van der Waals surface area contributed by atoms with Gasteiger partial charge in [0.25, 0.3) is 0 Å². The minimum Gasteiger partial charge on any atom is -0.469 e. The van der Waals surface area contributed by atoms with Crippen LogP contribution in [0.15, 0.2) is 10.5 Å². The van der Waals surface area contributed by atoms with Gasteiger partial charge in [0.1, 0.15) is 0 Å². The molecule has 6 heteroatoms. The smallest absolute Gasteiger partial charge is 0.325 e. The number of methoxy groups -OCH3 is 1. The molecule has 2 N–H and O–H groups in total. The van der Waals surface area contributed by atoms with Crippen molar-refractivity contribution in [3.63, 3.8) is 0 Å². The maximum atomic E-state index is 11.0. The molecule has 78 valence electrons. The van der Waals surface area contributed by atoms with Crippen LogP contribution in [0.5, 0.6) is 0 Å². The van der Waals surface area contributed by atoms with Crippen molar-refractivity contribution in [2.45, 2.75) is 13.3 Å². The van der Waals surface area contributed by atoms with E-state index in [1.807, 2.05) is 6.92 Å². The number of hydrogen-bond donors (Lipinski definition) is 1. The zero-order valence-corrected chi connectivity index (χ0v) is 8.89. The summed E-state index contributed by atoms with van der Waals surface area (Å²) < 4.78 is 5.95. The fourth-order valence-electron chi connectivity index (χ4n) is 1.10. The summed E-state index contributed by atoms with van der Waals surface area (Å²) in [6.45, 7) is 2.26. The summed E-state index contributed by atoms with van der Waals surface area (Å²) in [4.78, 5) is 22.8. The molecule has 0 aromatic carbocycles. The van der Waals surface area contributed by atoms with Gasteiger partial charge in [0, 0.05) is 4.91 Å². The number of carbonyl (C=O) groups excluding carboxylic acids is 2. The van der Waals surface area contributed by atoms with E-state index in [1.165, 1.54) is 23.4 Å². The Morgan fingerprint density at radius 3 is 2.71 bits per heavy atom. The standard InChI is InChI=1S/C8H12N2O3S/c1-5-6(3-7(11)13-2)4-10(14-5)8(9)12/h3-4H2,1-2H3,(H2,9,12). The van der Waals surface area contributed by atoms with Gasteiger partial charge in [-0.25, -0.2) is 4.79 Å². The van der Waals surface area contributed by atoms with Gasteiger partial charge in [-0.2, -0.15) is 0 Å². The van der Waals surface area contributed by atoms with E-state index in [1.54, 1.807) is 0 Å². The molecule has 0 aromatic heterocycles. The van der Waals surface area contributed by atoms with Crippen LogP contribution in [0.3, 0.4) is 0 Å². The first-order valence-electron chi connectivity index (χ1n) is 4.05. The quantitative estimate of drug-likeness (QED) is 0.549. The van der Waals surface area contributed by atoms with Crippen molar-refractivity contribution >= 4 is 23.9 Å². The number of esters is 1. The fourth-order valence-corrected chi connectivity index (χ4v) is 2.00. The molecule has 0 fully saturated rings. The van der Waals surface area contributed by atoms with Gasteiger partial charge < -0.3 is 10.5 Å². The van der Waals surface area contributed by atoms with Crippen molar-refractivity contribution in [3.8, 4) is 0 Å². The van der Waals surface area contributed by atoms with Crippen LogP contribution in [-0.4, -0.2) is 30.0 Å². The Morgan fingerprint density at radius 2 is 2.29 bits per heavy atom. The first-order valence-corrected chi connectivity index (χ1v) is 4.82. The lowest BCUT2D eigenvalue weighted by Crippen LogP contribution is -2.28. The molecule has 0 saturated heterocycles. The van der Waals surface area contributed by atoms with E-state index in [2.05, 4.69) is 4.74 Å². The first-order chi connectivity index (χ1) is 6.54. The minimum absolute atomic E-state index is 0.221. The summed E-state index contributed by atoms with van der Waals surface area (Å²) in [6.07, 6.45) is 0.221. The normalized spacial score (nSPS) is 16.0. The lowest BCUT2D eigenvalue weighted by atomic mass is 10.2. The molecule has 2 amide bonds. The lowest BCUT2D eigenvalue weighted by Gasteiger charge is -2.10. The average Bonchev–Trinajstić information content (AvgIpc) is 2.48. The van der Waals surface area contributed by atoms with Crippen LogP contribution in [-0.2, 0) is 9.53 Å². The van der Waals surface area contributed by atoms with Crippen molar-refractivity contribution in [1.82, 2.24) is 4.31 Å². The molecule has 0 unspecified atom stereocenters. The second-order valence-corrected chi connectivity index (χ2v) is 4.11. The number of allylic oxidation sites excluding steroid dienone is 1. The van der Waals surface area contributed by atoms with Crippen molar-refractivity contribution in [2.24, 2.45) is 5.73 Å². The van der Waals surface area contributed by atoms with Crippen molar-refractivity contribution in [2.75, 3.05) is 13.7 Å². The number of nitrogens with two attached hydrogens (primary N) is 1. The third kappa shape index (κ3) is 2.41. The molecule has 1 aliphatic rings. The molecule has 5 nitrogen and oxygen atoms in total. The highest BCUT2D eigenvalue weighted by Crippen LogP contribution is 2.33. The molecule has 0 aliphatic carbocycles. The number of ether oxygens (including phenoxy) is 1. The highest BCUT2D eigenvalue weighted by Gasteiger charge is 2.24. The van der Waals surface area contributed by atoms with E-state index < -0.39 is 6.03 Å². The van der Waals surface area contributed by atoms with Gasteiger partial charge in [0.2, 0.25) is 0 Å².